The van der Waals surface area contributed by atoms with Gasteiger partial charge in [0.1, 0.15) is 18.1 Å². The van der Waals surface area contributed by atoms with Crippen molar-refractivity contribution in [3.05, 3.63) is 76.0 Å². The van der Waals surface area contributed by atoms with E-state index in [0.29, 0.717) is 27.7 Å². The maximum Gasteiger partial charge on any atom is 0.353 e. The highest BCUT2D eigenvalue weighted by Crippen LogP contribution is 2.53. The van der Waals surface area contributed by atoms with Gasteiger partial charge in [-0.05, 0) is 93.8 Å². The predicted octanol–water partition coefficient (Wildman–Crippen LogP) is 3.66. The first kappa shape index (κ1) is 31.8. The molecular formula is C30H38ClN3O7S. The third-order valence-corrected chi connectivity index (χ3v) is 10.2. The third-order valence-electron chi connectivity index (χ3n) is 8.04. The van der Waals surface area contributed by atoms with Crippen molar-refractivity contribution >= 4 is 33.6 Å². The predicted molar refractivity (Wildman–Crippen MR) is 160 cm³/mol. The fourth-order valence-electron chi connectivity index (χ4n) is 5.88. The van der Waals surface area contributed by atoms with Crippen LogP contribution in [0.5, 0.6) is 5.75 Å². The largest absolute Gasteiger partial charge is 0.492 e. The van der Waals surface area contributed by atoms with Gasteiger partial charge in [-0.15, -0.1) is 0 Å². The van der Waals surface area contributed by atoms with Crippen molar-refractivity contribution in [2.75, 3.05) is 46.1 Å². The van der Waals surface area contributed by atoms with Crippen molar-refractivity contribution in [1.29, 1.82) is 0 Å². The van der Waals surface area contributed by atoms with Crippen LogP contribution in [-0.2, 0) is 31.4 Å². The van der Waals surface area contributed by atoms with E-state index in [9.17, 15) is 28.2 Å². The number of rotatable bonds is 14. The second-order valence-electron chi connectivity index (χ2n) is 11.1. The van der Waals surface area contributed by atoms with Gasteiger partial charge in [-0.25, -0.2) is 18.0 Å². The Hall–Kier alpha value is -3.12. The van der Waals surface area contributed by atoms with Crippen molar-refractivity contribution in [2.24, 2.45) is 0 Å². The van der Waals surface area contributed by atoms with E-state index in [4.69, 9.17) is 16.3 Å². The lowest BCUT2D eigenvalue weighted by Crippen LogP contribution is -2.49. The molecule has 12 heteroatoms. The molecule has 10 nitrogen and oxygen atoms in total. The van der Waals surface area contributed by atoms with E-state index in [1.165, 1.54) is 11.1 Å². The minimum atomic E-state index is -4.14. The Kier molecular flexibility index (Phi) is 10.2. The number of hydrogen-bond donors (Lipinski definition) is 3. The average Bonchev–Trinajstić information content (AvgIpc) is 2.90. The van der Waals surface area contributed by atoms with Crippen molar-refractivity contribution in [2.45, 2.75) is 43.6 Å². The second-order valence-corrected chi connectivity index (χ2v) is 13.5. The molecule has 1 atom stereocenters. The van der Waals surface area contributed by atoms with Crippen molar-refractivity contribution in [1.82, 2.24) is 14.5 Å². The van der Waals surface area contributed by atoms with Crippen LogP contribution >= 0.6 is 11.6 Å². The molecule has 1 aliphatic heterocycles. The summed E-state index contributed by atoms with van der Waals surface area (Å²) in [4.78, 5) is 25.0. The van der Waals surface area contributed by atoms with E-state index in [1.54, 1.807) is 14.1 Å². The van der Waals surface area contributed by atoms with Gasteiger partial charge in [0.15, 0.2) is 0 Å². The number of fused-ring (bicyclic) bond motifs is 1. The average molecular weight is 620 g/mol. The molecule has 42 heavy (non-hydrogen) atoms. The molecule has 1 unspecified atom stereocenters. The Morgan fingerprint density at radius 2 is 1.83 bits per heavy atom. The summed E-state index contributed by atoms with van der Waals surface area (Å²) in [5.74, 6) is -3.02. The van der Waals surface area contributed by atoms with Gasteiger partial charge in [-0.3, -0.25) is 4.31 Å². The van der Waals surface area contributed by atoms with Crippen LogP contribution in [0.25, 0.3) is 0 Å². The Balaban J connectivity index is 1.55. The molecule has 2 aliphatic rings. The van der Waals surface area contributed by atoms with E-state index >= 15 is 0 Å². The van der Waals surface area contributed by atoms with E-state index < -0.39 is 27.7 Å². The molecule has 4 rings (SSSR count). The minimum absolute atomic E-state index is 0.0606. The highest BCUT2D eigenvalue weighted by Gasteiger charge is 2.47. The molecule has 0 saturated heterocycles. The molecule has 0 aromatic heterocycles. The lowest BCUT2D eigenvalue weighted by atomic mass is 9.58. The van der Waals surface area contributed by atoms with Crippen molar-refractivity contribution in [3.8, 4) is 5.75 Å². The number of aliphatic carboxylic acids is 2. The Morgan fingerprint density at radius 1 is 1.12 bits per heavy atom. The minimum Gasteiger partial charge on any atom is -0.492 e. The fourth-order valence-corrected chi connectivity index (χ4v) is 7.51. The summed E-state index contributed by atoms with van der Waals surface area (Å²) in [5.41, 5.74) is 2.66. The van der Waals surface area contributed by atoms with Crippen LogP contribution in [0.1, 0.15) is 48.4 Å². The van der Waals surface area contributed by atoms with Gasteiger partial charge in [0.2, 0.25) is 10.0 Å². The van der Waals surface area contributed by atoms with Crippen LogP contribution in [0.3, 0.4) is 0 Å². The topological polar surface area (TPSA) is 136 Å². The summed E-state index contributed by atoms with van der Waals surface area (Å²) in [6.45, 7) is 0.789. The first-order chi connectivity index (χ1) is 19.9. The maximum atomic E-state index is 13.2. The monoisotopic (exact) mass is 619 g/mol. The van der Waals surface area contributed by atoms with Crippen LogP contribution in [0, 0.1) is 0 Å². The van der Waals surface area contributed by atoms with Crippen LogP contribution in [0.15, 0.2) is 54.2 Å². The molecule has 2 aromatic carbocycles. The fraction of sp³-hybridized carbons (Fsp3) is 0.467. The second kappa shape index (κ2) is 13.5. The molecule has 1 saturated carbocycles. The molecule has 228 valence electrons. The number of carboxylic acids is 2. The number of ether oxygens (including phenoxy) is 1. The van der Waals surface area contributed by atoms with E-state index in [2.05, 4.69) is 17.4 Å². The Morgan fingerprint density at radius 3 is 2.43 bits per heavy atom. The number of hydrogen-bond acceptors (Lipinski definition) is 7. The van der Waals surface area contributed by atoms with Crippen molar-refractivity contribution < 1.29 is 33.0 Å². The van der Waals surface area contributed by atoms with Gasteiger partial charge in [-0.1, -0.05) is 36.2 Å². The van der Waals surface area contributed by atoms with Gasteiger partial charge in [0.05, 0.1) is 18.4 Å². The molecule has 1 fully saturated rings. The molecule has 0 amide bonds. The summed E-state index contributed by atoms with van der Waals surface area (Å²) in [7, 11) is -0.544. The lowest BCUT2D eigenvalue weighted by molar-refractivity contribution is -0.136. The molecule has 3 N–H and O–H groups in total. The van der Waals surface area contributed by atoms with Gasteiger partial charge in [0.25, 0.3) is 0 Å². The number of nitrogens with one attached hydrogen (secondary N) is 1. The highest BCUT2D eigenvalue weighted by molar-refractivity contribution is 7.89. The lowest BCUT2D eigenvalue weighted by Gasteiger charge is -2.50. The summed E-state index contributed by atoms with van der Waals surface area (Å²) in [6, 6.07) is 13.9. The molecule has 1 aliphatic carbocycles. The number of sulfonamides is 1. The zero-order valence-electron chi connectivity index (χ0n) is 23.9. The zero-order chi connectivity index (χ0) is 30.5. The molecular weight excluding hydrogens is 582 g/mol. The Bertz CT molecular complexity index is 1420. The van der Waals surface area contributed by atoms with Crippen LogP contribution < -0.4 is 10.1 Å². The van der Waals surface area contributed by atoms with E-state index in [1.807, 2.05) is 35.2 Å². The van der Waals surface area contributed by atoms with Crippen LogP contribution in [0.4, 0.5) is 0 Å². The zero-order valence-corrected chi connectivity index (χ0v) is 25.5. The molecule has 1 heterocycles. The van der Waals surface area contributed by atoms with Crippen LogP contribution in [-0.4, -0.2) is 85.9 Å². The summed E-state index contributed by atoms with van der Waals surface area (Å²) >= 11 is 6.17. The number of halogens is 1. The van der Waals surface area contributed by atoms with Crippen molar-refractivity contribution in [3.63, 3.8) is 0 Å². The highest BCUT2D eigenvalue weighted by atomic mass is 35.5. The number of nitrogens with zero attached hydrogens (tertiary/aromatic N) is 2. The van der Waals surface area contributed by atoms with E-state index in [-0.39, 0.29) is 36.8 Å². The summed E-state index contributed by atoms with van der Waals surface area (Å²) in [5, 5.41) is 23.3. The smallest absolute Gasteiger partial charge is 0.353 e. The van der Waals surface area contributed by atoms with Gasteiger partial charge < -0.3 is 25.2 Å². The normalized spacial score (nSPS) is 18.2. The maximum absolute atomic E-state index is 13.2. The standard InChI is InChI=1S/C30H38ClN3O7S/c1-33(2)15-4-18-42(39,40)34(26(29(37)38)20-27(35)36)16-17-41-24-10-5-21-11-14-32-28(25(21)19-24)30(12-3-13-30)22-6-8-23(31)9-7-22/h5-10,19-20,28,32H,3-4,11-18H2,1-2H3,(H,35,36)(H,37,38)/b26-20-. The quantitative estimate of drug-likeness (QED) is 0.271. The van der Waals surface area contributed by atoms with E-state index in [0.717, 1.165) is 37.8 Å². The van der Waals surface area contributed by atoms with Crippen LogP contribution in [0.2, 0.25) is 5.02 Å². The Labute approximate surface area is 252 Å². The SMILES string of the molecule is CN(C)CCCS(=O)(=O)N(CCOc1ccc2c(c1)C(C1(c3ccc(Cl)cc3)CCC1)NCC2)/C(=C\C(=O)O)C(=O)O. The van der Waals surface area contributed by atoms with Gasteiger partial charge in [0, 0.05) is 16.5 Å². The molecule has 2 aromatic rings. The third kappa shape index (κ3) is 7.26. The summed E-state index contributed by atoms with van der Waals surface area (Å²) in [6.07, 6.45) is 4.71. The van der Waals surface area contributed by atoms with Gasteiger partial charge >= 0.3 is 11.9 Å². The molecule has 0 bridgehead atoms. The number of carbonyl (C=O) groups is 2. The molecule has 0 spiro atoms. The first-order valence-corrected chi connectivity index (χ1v) is 16.0. The molecule has 0 radical (unpaired) electrons. The number of carboxylic acid groups (broad SMARTS) is 2. The number of benzene rings is 2. The summed E-state index contributed by atoms with van der Waals surface area (Å²) < 4.78 is 32.9. The first-order valence-electron chi connectivity index (χ1n) is 14.0. The van der Waals surface area contributed by atoms with Gasteiger partial charge in [-0.2, -0.15) is 0 Å².